The molecule has 0 saturated heterocycles. The second kappa shape index (κ2) is 6.57. The molecule has 0 fully saturated rings. The van der Waals surface area contributed by atoms with Crippen molar-refractivity contribution in [1.82, 2.24) is 4.98 Å². The fraction of sp³-hybridized carbons (Fsp3) is 0.250. The van der Waals surface area contributed by atoms with E-state index in [9.17, 15) is 23.5 Å². The highest BCUT2D eigenvalue weighted by atomic mass is 19.1. The maximum absolute atomic E-state index is 14.4. The minimum Gasteiger partial charge on any atom is -0.503 e. The summed E-state index contributed by atoms with van der Waals surface area (Å²) < 4.78 is 27.7. The van der Waals surface area contributed by atoms with Gasteiger partial charge in [0.1, 0.15) is 11.6 Å². The second-order valence-corrected chi connectivity index (χ2v) is 7.30. The third kappa shape index (κ3) is 3.20. The highest BCUT2D eigenvalue weighted by molar-refractivity contribution is 6.17. The minimum absolute atomic E-state index is 0.135. The number of aliphatic hydroxyl groups is 1. The molecule has 1 amide bonds. The molecule has 1 aromatic carbocycles. The van der Waals surface area contributed by atoms with Crippen LogP contribution in [-0.2, 0) is 9.59 Å². The Morgan fingerprint density at radius 1 is 1.22 bits per heavy atom. The van der Waals surface area contributed by atoms with E-state index in [1.807, 2.05) is 0 Å². The fourth-order valence-corrected chi connectivity index (χ4v) is 3.02. The number of aromatic nitrogens is 1. The minimum atomic E-state index is -1.07. The van der Waals surface area contributed by atoms with Crippen molar-refractivity contribution in [2.75, 3.05) is 4.90 Å². The van der Waals surface area contributed by atoms with Crippen molar-refractivity contribution in [3.05, 3.63) is 71.3 Å². The van der Waals surface area contributed by atoms with E-state index in [0.717, 1.165) is 17.0 Å². The molecule has 2 heterocycles. The van der Waals surface area contributed by atoms with Crippen molar-refractivity contribution in [3.8, 4) is 0 Å². The standard InChI is InChI=1S/C20H18F2N2O3/c1-20(2,3)18(26)15-16(11-5-4-8-23-10-11)24(19(27)17(15)25)14-7-6-12(21)9-13(14)22/h4-10,16,25H,1-3H3. The zero-order chi connectivity index (χ0) is 19.9. The van der Waals surface area contributed by atoms with E-state index in [0.29, 0.717) is 11.6 Å². The van der Waals surface area contributed by atoms with Crippen LogP contribution in [-0.4, -0.2) is 21.8 Å². The van der Waals surface area contributed by atoms with Crippen LogP contribution in [0, 0.1) is 17.0 Å². The Kier molecular flexibility index (Phi) is 4.55. The summed E-state index contributed by atoms with van der Waals surface area (Å²) in [5.74, 6) is -3.90. The summed E-state index contributed by atoms with van der Waals surface area (Å²) in [6.45, 7) is 4.96. The third-order valence-electron chi connectivity index (χ3n) is 4.30. The molecule has 2 aromatic rings. The number of nitrogens with zero attached hydrogens (tertiary/aromatic N) is 2. The number of aliphatic hydroxyl groups excluding tert-OH is 1. The van der Waals surface area contributed by atoms with Crippen LogP contribution in [0.25, 0.3) is 0 Å². The first-order valence-corrected chi connectivity index (χ1v) is 8.29. The number of carbonyl (C=O) groups is 2. The third-order valence-corrected chi connectivity index (χ3v) is 4.30. The van der Waals surface area contributed by atoms with Gasteiger partial charge in [-0.05, 0) is 23.8 Å². The molecular weight excluding hydrogens is 354 g/mol. The molecule has 0 saturated carbocycles. The van der Waals surface area contributed by atoms with Crippen molar-refractivity contribution in [2.45, 2.75) is 26.8 Å². The summed E-state index contributed by atoms with van der Waals surface area (Å²) in [6.07, 6.45) is 2.94. The molecule has 27 heavy (non-hydrogen) atoms. The van der Waals surface area contributed by atoms with Crippen molar-refractivity contribution < 1.29 is 23.5 Å². The van der Waals surface area contributed by atoms with Gasteiger partial charge in [0.25, 0.3) is 5.91 Å². The molecule has 5 nitrogen and oxygen atoms in total. The van der Waals surface area contributed by atoms with Crippen LogP contribution < -0.4 is 4.90 Å². The molecule has 1 aliphatic heterocycles. The van der Waals surface area contributed by atoms with Crippen molar-refractivity contribution >= 4 is 17.4 Å². The number of ketones is 1. The Bertz CT molecular complexity index is 949. The van der Waals surface area contributed by atoms with Crippen LogP contribution in [0.4, 0.5) is 14.5 Å². The van der Waals surface area contributed by atoms with Gasteiger partial charge in [0.05, 0.1) is 17.3 Å². The number of benzene rings is 1. The van der Waals surface area contributed by atoms with E-state index >= 15 is 0 Å². The molecule has 0 aliphatic carbocycles. The van der Waals surface area contributed by atoms with Gasteiger partial charge in [0, 0.05) is 23.9 Å². The zero-order valence-corrected chi connectivity index (χ0v) is 15.0. The average Bonchev–Trinajstić information content (AvgIpc) is 2.86. The van der Waals surface area contributed by atoms with Gasteiger partial charge >= 0.3 is 0 Å². The first-order chi connectivity index (χ1) is 12.6. The number of pyridine rings is 1. The molecule has 1 unspecified atom stereocenters. The van der Waals surface area contributed by atoms with Crippen LogP contribution in [0.1, 0.15) is 32.4 Å². The van der Waals surface area contributed by atoms with Crippen LogP contribution >= 0.6 is 0 Å². The fourth-order valence-electron chi connectivity index (χ4n) is 3.02. The van der Waals surface area contributed by atoms with Crippen LogP contribution in [0.3, 0.4) is 0 Å². The van der Waals surface area contributed by atoms with E-state index < -0.39 is 40.5 Å². The van der Waals surface area contributed by atoms with Gasteiger partial charge < -0.3 is 5.11 Å². The summed E-state index contributed by atoms with van der Waals surface area (Å²) in [5.41, 5.74) is -0.838. The predicted molar refractivity (Wildman–Crippen MR) is 94.9 cm³/mol. The monoisotopic (exact) mass is 372 g/mol. The van der Waals surface area contributed by atoms with Gasteiger partial charge in [0.2, 0.25) is 0 Å². The number of hydrogen-bond acceptors (Lipinski definition) is 4. The molecule has 7 heteroatoms. The number of rotatable bonds is 3. The lowest BCUT2D eigenvalue weighted by Crippen LogP contribution is -2.33. The molecule has 1 aliphatic rings. The maximum atomic E-state index is 14.4. The summed E-state index contributed by atoms with van der Waals surface area (Å²) >= 11 is 0. The molecule has 1 N–H and O–H groups in total. The molecular formula is C20H18F2N2O3. The van der Waals surface area contributed by atoms with Gasteiger partial charge in [-0.1, -0.05) is 26.8 Å². The Hall–Kier alpha value is -3.09. The number of Topliss-reactive ketones (excluding diaryl/α,β-unsaturated/α-hetero) is 1. The molecule has 3 rings (SSSR count). The average molecular weight is 372 g/mol. The number of anilines is 1. The molecule has 140 valence electrons. The molecule has 1 atom stereocenters. The highest BCUT2D eigenvalue weighted by Gasteiger charge is 2.47. The lowest BCUT2D eigenvalue weighted by Gasteiger charge is -2.28. The van der Waals surface area contributed by atoms with Crippen LogP contribution in [0.5, 0.6) is 0 Å². The highest BCUT2D eigenvalue weighted by Crippen LogP contribution is 2.43. The van der Waals surface area contributed by atoms with Crippen LogP contribution in [0.2, 0.25) is 0 Å². The van der Waals surface area contributed by atoms with Gasteiger partial charge in [0.15, 0.2) is 11.5 Å². The van der Waals surface area contributed by atoms with Gasteiger partial charge in [-0.25, -0.2) is 8.78 Å². The smallest absolute Gasteiger partial charge is 0.294 e. The van der Waals surface area contributed by atoms with E-state index in [1.54, 1.807) is 32.9 Å². The van der Waals surface area contributed by atoms with Crippen LogP contribution in [0.15, 0.2) is 54.1 Å². The lowest BCUT2D eigenvalue weighted by molar-refractivity contribution is -0.123. The number of hydrogen-bond donors (Lipinski definition) is 1. The summed E-state index contributed by atoms with van der Waals surface area (Å²) in [5, 5.41) is 10.5. The zero-order valence-electron chi connectivity index (χ0n) is 15.0. The number of amides is 1. The summed E-state index contributed by atoms with van der Waals surface area (Å²) in [4.78, 5) is 30.7. The topological polar surface area (TPSA) is 70.5 Å². The van der Waals surface area contributed by atoms with E-state index in [4.69, 9.17) is 0 Å². The van der Waals surface area contributed by atoms with Gasteiger partial charge in [-0.3, -0.25) is 19.5 Å². The number of halogens is 2. The molecule has 0 bridgehead atoms. The molecule has 0 spiro atoms. The molecule has 1 aromatic heterocycles. The van der Waals surface area contributed by atoms with Gasteiger partial charge in [-0.2, -0.15) is 0 Å². The Morgan fingerprint density at radius 3 is 2.48 bits per heavy atom. The van der Waals surface area contributed by atoms with Crippen molar-refractivity contribution in [3.63, 3.8) is 0 Å². The van der Waals surface area contributed by atoms with E-state index in [1.165, 1.54) is 12.4 Å². The molecule has 0 radical (unpaired) electrons. The predicted octanol–water partition coefficient (Wildman–Crippen LogP) is 3.88. The van der Waals surface area contributed by atoms with Gasteiger partial charge in [-0.15, -0.1) is 0 Å². The first-order valence-electron chi connectivity index (χ1n) is 8.29. The second-order valence-electron chi connectivity index (χ2n) is 7.30. The Morgan fingerprint density at radius 2 is 1.93 bits per heavy atom. The largest absolute Gasteiger partial charge is 0.503 e. The number of carbonyl (C=O) groups excluding carboxylic acids is 2. The summed E-state index contributed by atoms with van der Waals surface area (Å²) in [7, 11) is 0. The van der Waals surface area contributed by atoms with E-state index in [2.05, 4.69) is 4.98 Å². The van der Waals surface area contributed by atoms with Crippen molar-refractivity contribution in [2.24, 2.45) is 5.41 Å². The summed E-state index contributed by atoms with van der Waals surface area (Å²) in [6, 6.07) is 4.90. The maximum Gasteiger partial charge on any atom is 0.294 e. The Balaban J connectivity index is 2.23. The SMILES string of the molecule is CC(C)(C)C(=O)C1=C(O)C(=O)N(c2ccc(F)cc2F)C1c1cccnc1. The first kappa shape index (κ1) is 18.7. The van der Waals surface area contributed by atoms with Crippen molar-refractivity contribution in [1.29, 1.82) is 0 Å². The Labute approximate surface area is 155 Å². The van der Waals surface area contributed by atoms with E-state index in [-0.39, 0.29) is 11.3 Å². The lowest BCUT2D eigenvalue weighted by atomic mass is 9.82. The quantitative estimate of drug-likeness (QED) is 0.888. The normalized spacial score (nSPS) is 17.6.